The molecule has 0 aromatic heterocycles. The summed E-state index contributed by atoms with van der Waals surface area (Å²) in [6.07, 6.45) is -0.755. The second kappa shape index (κ2) is 12.4. The summed E-state index contributed by atoms with van der Waals surface area (Å²) < 4.78 is 5.88. The highest BCUT2D eigenvalue weighted by atomic mass is 32.2. The van der Waals surface area contributed by atoms with E-state index in [0.29, 0.717) is 12.4 Å². The average molecular weight is 547 g/mol. The molecular weight excluding hydrogens is 512 g/mol. The summed E-state index contributed by atoms with van der Waals surface area (Å²) in [6, 6.07) is 25.7. The quantitative estimate of drug-likeness (QED) is 0.361. The molecule has 1 aliphatic rings. The van der Waals surface area contributed by atoms with Gasteiger partial charge in [-0.3, -0.25) is 14.5 Å². The Morgan fingerprint density at radius 2 is 1.59 bits per heavy atom. The number of likely N-dealkylation sites (tertiary alicyclic amines) is 1. The number of carbonyl (C=O) groups is 3. The molecule has 1 fully saturated rings. The number of hydrogen-bond donors (Lipinski definition) is 1. The van der Waals surface area contributed by atoms with Gasteiger partial charge < -0.3 is 14.7 Å². The first kappa shape index (κ1) is 28.2. The van der Waals surface area contributed by atoms with Crippen LogP contribution < -0.4 is 4.74 Å². The van der Waals surface area contributed by atoms with E-state index in [9.17, 15) is 19.5 Å². The van der Waals surface area contributed by atoms with Gasteiger partial charge in [0.15, 0.2) is 5.78 Å². The number of benzene rings is 3. The molecule has 39 heavy (non-hydrogen) atoms. The van der Waals surface area contributed by atoms with Crippen LogP contribution in [-0.4, -0.2) is 56.2 Å². The lowest BCUT2D eigenvalue weighted by atomic mass is 9.97. The van der Waals surface area contributed by atoms with Gasteiger partial charge >= 0.3 is 6.09 Å². The van der Waals surface area contributed by atoms with E-state index in [-0.39, 0.29) is 31.1 Å². The van der Waals surface area contributed by atoms with Gasteiger partial charge in [-0.05, 0) is 56.2 Å². The standard InChI is InChI=1S/C31H34N2O5S/c1-31(2,3)33(30(36)37)26(20-22-14-16-24(17-15-22)38-21-23-10-6-4-7-11-23)28(35)32-19-18-27(34)29(32)39-25-12-8-5-9-13-25/h4-17,26,29H,18-21H2,1-3H3,(H,36,37)/t26-,29-/m0/s1. The third kappa shape index (κ3) is 7.20. The molecule has 0 bridgehead atoms. The van der Waals surface area contributed by atoms with Crippen molar-refractivity contribution < 1.29 is 24.2 Å². The Labute approximate surface area is 233 Å². The van der Waals surface area contributed by atoms with Gasteiger partial charge in [0.25, 0.3) is 0 Å². The number of thioether (sulfide) groups is 1. The molecule has 2 amide bonds. The number of nitrogens with zero attached hydrogens (tertiary/aromatic N) is 2. The Hall–Kier alpha value is -3.78. The summed E-state index contributed by atoms with van der Waals surface area (Å²) >= 11 is 1.33. The summed E-state index contributed by atoms with van der Waals surface area (Å²) in [7, 11) is 0. The third-order valence-corrected chi connectivity index (χ3v) is 7.84. The summed E-state index contributed by atoms with van der Waals surface area (Å²) in [5, 5.41) is 9.50. The maximum atomic E-state index is 14.0. The third-order valence-electron chi connectivity index (χ3n) is 6.56. The molecule has 204 valence electrons. The summed E-state index contributed by atoms with van der Waals surface area (Å²) in [5.74, 6) is 0.283. The highest BCUT2D eigenvalue weighted by Crippen LogP contribution is 2.33. The first-order chi connectivity index (χ1) is 18.6. The molecule has 3 aromatic carbocycles. The van der Waals surface area contributed by atoms with E-state index in [1.54, 1.807) is 25.7 Å². The lowest BCUT2D eigenvalue weighted by molar-refractivity contribution is -0.138. The van der Waals surface area contributed by atoms with Gasteiger partial charge in [0.05, 0.1) is 0 Å². The molecule has 1 heterocycles. The first-order valence-corrected chi connectivity index (χ1v) is 13.8. The highest BCUT2D eigenvalue weighted by molar-refractivity contribution is 8.00. The van der Waals surface area contributed by atoms with E-state index in [2.05, 4.69) is 0 Å². The monoisotopic (exact) mass is 546 g/mol. The number of carbonyl (C=O) groups excluding carboxylic acids is 2. The zero-order valence-corrected chi connectivity index (χ0v) is 23.3. The zero-order chi connectivity index (χ0) is 28.0. The molecule has 1 saturated heterocycles. The van der Waals surface area contributed by atoms with Crippen LogP contribution in [0, 0.1) is 0 Å². The second-order valence-electron chi connectivity index (χ2n) is 10.5. The van der Waals surface area contributed by atoms with Gasteiger partial charge in [-0.15, -0.1) is 0 Å². The molecule has 7 nitrogen and oxygen atoms in total. The smallest absolute Gasteiger partial charge is 0.408 e. The van der Waals surface area contributed by atoms with E-state index >= 15 is 0 Å². The van der Waals surface area contributed by atoms with Crippen molar-refractivity contribution in [2.24, 2.45) is 0 Å². The minimum Gasteiger partial charge on any atom is -0.489 e. The first-order valence-electron chi connectivity index (χ1n) is 13.0. The molecule has 0 radical (unpaired) electrons. The van der Waals surface area contributed by atoms with Gasteiger partial charge in [0.2, 0.25) is 5.91 Å². The van der Waals surface area contributed by atoms with Crippen LogP contribution in [0.1, 0.15) is 38.3 Å². The largest absolute Gasteiger partial charge is 0.489 e. The fourth-order valence-corrected chi connectivity index (χ4v) is 5.84. The normalized spacial score (nSPS) is 16.1. The van der Waals surface area contributed by atoms with E-state index in [1.807, 2.05) is 84.9 Å². The molecule has 8 heteroatoms. The van der Waals surface area contributed by atoms with Crippen LogP contribution in [-0.2, 0) is 22.6 Å². The lowest BCUT2D eigenvalue weighted by Gasteiger charge is -2.41. The van der Waals surface area contributed by atoms with Gasteiger partial charge in [-0.25, -0.2) is 4.79 Å². The van der Waals surface area contributed by atoms with Crippen molar-refractivity contribution in [1.82, 2.24) is 9.80 Å². The van der Waals surface area contributed by atoms with Crippen molar-refractivity contribution in [1.29, 1.82) is 0 Å². The fraction of sp³-hybridized carbons (Fsp3) is 0.323. The maximum Gasteiger partial charge on any atom is 0.408 e. The highest BCUT2D eigenvalue weighted by Gasteiger charge is 2.44. The Balaban J connectivity index is 1.56. The number of rotatable bonds is 9. The van der Waals surface area contributed by atoms with Crippen molar-refractivity contribution >= 4 is 29.5 Å². The number of ether oxygens (including phenoxy) is 1. The van der Waals surface area contributed by atoms with Crippen LogP contribution in [0.25, 0.3) is 0 Å². The topological polar surface area (TPSA) is 87.2 Å². The Kier molecular flexibility index (Phi) is 8.97. The number of carboxylic acid groups (broad SMARTS) is 1. The minimum atomic E-state index is -1.18. The number of hydrogen-bond acceptors (Lipinski definition) is 5. The average Bonchev–Trinajstić information content (AvgIpc) is 3.27. The lowest BCUT2D eigenvalue weighted by Crippen LogP contribution is -2.58. The van der Waals surface area contributed by atoms with Gasteiger partial charge in [-0.1, -0.05) is 72.4 Å². The van der Waals surface area contributed by atoms with E-state index in [4.69, 9.17) is 4.74 Å². The SMILES string of the molecule is CC(C)(C)N(C(=O)O)[C@@H](Cc1ccc(OCc2ccccc2)cc1)C(=O)N1CCC(=O)[C@@H]1Sc1ccccc1. The van der Waals surface area contributed by atoms with Crippen LogP contribution in [0.4, 0.5) is 4.79 Å². The number of amides is 2. The molecule has 0 spiro atoms. The van der Waals surface area contributed by atoms with Gasteiger partial charge in [-0.2, -0.15) is 0 Å². The molecule has 2 atom stereocenters. The van der Waals surface area contributed by atoms with Crippen LogP contribution in [0.15, 0.2) is 89.8 Å². The Bertz CT molecular complexity index is 1280. The van der Waals surface area contributed by atoms with Crippen LogP contribution in [0.3, 0.4) is 0 Å². The van der Waals surface area contributed by atoms with Crippen LogP contribution in [0.5, 0.6) is 5.75 Å². The molecule has 0 unspecified atom stereocenters. The van der Waals surface area contributed by atoms with E-state index in [0.717, 1.165) is 16.0 Å². The molecule has 4 rings (SSSR count). The van der Waals surface area contributed by atoms with E-state index < -0.39 is 23.0 Å². The molecule has 3 aromatic rings. The van der Waals surface area contributed by atoms with Crippen molar-refractivity contribution in [3.8, 4) is 5.75 Å². The van der Waals surface area contributed by atoms with Crippen LogP contribution in [0.2, 0.25) is 0 Å². The predicted octanol–water partition coefficient (Wildman–Crippen LogP) is 5.88. The molecule has 0 saturated carbocycles. The fourth-order valence-electron chi connectivity index (χ4n) is 4.68. The van der Waals surface area contributed by atoms with E-state index in [1.165, 1.54) is 16.7 Å². The van der Waals surface area contributed by atoms with Crippen molar-refractivity contribution in [3.63, 3.8) is 0 Å². The second-order valence-corrected chi connectivity index (χ2v) is 11.6. The molecular formula is C31H34N2O5S. The van der Waals surface area contributed by atoms with Crippen molar-refractivity contribution in [3.05, 3.63) is 96.1 Å². The Morgan fingerprint density at radius 3 is 2.18 bits per heavy atom. The van der Waals surface area contributed by atoms with Crippen molar-refractivity contribution in [2.75, 3.05) is 6.54 Å². The number of Topliss-reactive ketones (excluding diaryl/α,β-unsaturated/α-hetero) is 1. The maximum absolute atomic E-state index is 14.0. The molecule has 0 aliphatic carbocycles. The van der Waals surface area contributed by atoms with Gasteiger partial charge in [0, 0.05) is 29.8 Å². The summed E-state index contributed by atoms with van der Waals surface area (Å²) in [4.78, 5) is 43.0. The summed E-state index contributed by atoms with van der Waals surface area (Å²) in [5.41, 5.74) is 1.02. The van der Waals surface area contributed by atoms with Crippen molar-refractivity contribution in [2.45, 2.75) is 62.1 Å². The molecule has 1 N–H and O–H groups in total. The van der Waals surface area contributed by atoms with Crippen LogP contribution >= 0.6 is 11.8 Å². The Morgan fingerprint density at radius 1 is 0.974 bits per heavy atom. The number of ketones is 1. The zero-order valence-electron chi connectivity index (χ0n) is 22.4. The molecule has 1 aliphatic heterocycles. The van der Waals surface area contributed by atoms with Gasteiger partial charge in [0.1, 0.15) is 23.8 Å². The summed E-state index contributed by atoms with van der Waals surface area (Å²) in [6.45, 7) is 6.01. The predicted molar refractivity (Wildman–Crippen MR) is 152 cm³/mol. The minimum absolute atomic E-state index is 0.0338.